The van der Waals surface area contributed by atoms with E-state index >= 15 is 0 Å². The molecule has 0 saturated carbocycles. The van der Waals surface area contributed by atoms with Crippen LogP contribution in [0.15, 0.2) is 17.2 Å². The van der Waals surface area contributed by atoms with Crippen molar-refractivity contribution in [2.45, 2.75) is 38.9 Å². The number of thiophene rings is 1. The zero-order chi connectivity index (χ0) is 13.6. The summed E-state index contributed by atoms with van der Waals surface area (Å²) in [5.41, 5.74) is -1.50. The molecule has 2 heterocycles. The van der Waals surface area contributed by atoms with Crippen LogP contribution in [0, 0.1) is 0 Å². The maximum atomic E-state index is 14.1. The van der Waals surface area contributed by atoms with E-state index < -0.39 is 24.0 Å². The fourth-order valence-corrected chi connectivity index (χ4v) is 2.57. The minimum absolute atomic E-state index is 0.438. The lowest BCUT2D eigenvalue weighted by Gasteiger charge is -2.32. The predicted molar refractivity (Wildman–Crippen MR) is 74.5 cm³/mol. The van der Waals surface area contributed by atoms with Gasteiger partial charge < -0.3 is 9.31 Å². The molecule has 0 bridgehead atoms. The first-order valence-electron chi connectivity index (χ1n) is 5.68. The Balaban J connectivity index is 2.17. The maximum Gasteiger partial charge on any atom is 0.525 e. The van der Waals surface area contributed by atoms with E-state index in [1.54, 1.807) is 11.4 Å². The lowest BCUT2D eigenvalue weighted by molar-refractivity contribution is 0.00578. The van der Waals surface area contributed by atoms with Crippen molar-refractivity contribution < 1.29 is 13.7 Å². The van der Waals surface area contributed by atoms with Crippen molar-refractivity contribution in [1.29, 1.82) is 0 Å². The normalized spacial score (nSPS) is 22.6. The second-order valence-electron chi connectivity index (χ2n) is 5.28. The molecule has 2 rings (SSSR count). The molecule has 0 radical (unpaired) electrons. The van der Waals surface area contributed by atoms with E-state index in [9.17, 15) is 4.39 Å². The average Bonchev–Trinajstić information content (AvgIpc) is 2.70. The highest BCUT2D eigenvalue weighted by Crippen LogP contribution is 2.39. The van der Waals surface area contributed by atoms with Crippen molar-refractivity contribution in [3.05, 3.63) is 27.1 Å². The first-order valence-corrected chi connectivity index (χ1v) is 6.94. The average molecular weight is 289 g/mol. The summed E-state index contributed by atoms with van der Waals surface area (Å²) in [7, 11) is -0.948. The maximum absolute atomic E-state index is 14.1. The Labute approximate surface area is 116 Å². The van der Waals surface area contributed by atoms with Crippen molar-refractivity contribution in [3.63, 3.8) is 0 Å². The number of hydrogen-bond donors (Lipinski definition) is 0. The van der Waals surface area contributed by atoms with Crippen LogP contribution in [0.3, 0.4) is 0 Å². The second-order valence-corrected chi connectivity index (χ2v) is 6.66. The molecular formula is C12H15BClFO2S. The van der Waals surface area contributed by atoms with Crippen molar-refractivity contribution in [1.82, 2.24) is 0 Å². The zero-order valence-electron chi connectivity index (χ0n) is 10.8. The lowest BCUT2D eigenvalue weighted by Crippen LogP contribution is -2.41. The Morgan fingerprint density at radius 2 is 1.89 bits per heavy atom. The van der Waals surface area contributed by atoms with Gasteiger partial charge in [0.2, 0.25) is 0 Å². The van der Waals surface area contributed by atoms with Crippen LogP contribution < -0.4 is 0 Å². The number of rotatable bonds is 2. The largest absolute Gasteiger partial charge is 0.525 e. The molecule has 18 heavy (non-hydrogen) atoms. The summed E-state index contributed by atoms with van der Waals surface area (Å²) in [6.45, 7) is 7.56. The predicted octanol–water partition coefficient (Wildman–Crippen LogP) is 4.34. The lowest BCUT2D eigenvalue weighted by atomic mass is 9.87. The SMILES string of the molecule is CC1(C)OB(C(F)=Cc2cc(Cl)cs2)OC1(C)C. The quantitative estimate of drug-likeness (QED) is 0.754. The van der Waals surface area contributed by atoms with Crippen LogP contribution in [0.4, 0.5) is 4.39 Å². The highest BCUT2D eigenvalue weighted by atomic mass is 35.5. The van der Waals surface area contributed by atoms with Crippen LogP contribution in [0.2, 0.25) is 5.02 Å². The molecule has 98 valence electrons. The third-order valence-corrected chi connectivity index (χ3v) is 4.57. The first-order chi connectivity index (χ1) is 8.21. The van der Waals surface area contributed by atoms with Crippen molar-refractivity contribution in [2.24, 2.45) is 0 Å². The fourth-order valence-electron chi connectivity index (χ4n) is 1.56. The van der Waals surface area contributed by atoms with Crippen molar-refractivity contribution in [3.8, 4) is 0 Å². The van der Waals surface area contributed by atoms with E-state index in [0.29, 0.717) is 5.02 Å². The van der Waals surface area contributed by atoms with Gasteiger partial charge in [-0.1, -0.05) is 11.6 Å². The van der Waals surface area contributed by atoms with Crippen LogP contribution in [0.1, 0.15) is 32.6 Å². The van der Waals surface area contributed by atoms with Gasteiger partial charge in [0, 0.05) is 10.3 Å². The fraction of sp³-hybridized carbons (Fsp3) is 0.500. The van der Waals surface area contributed by atoms with Gasteiger partial charge in [0.15, 0.2) is 0 Å². The molecule has 1 aliphatic rings. The monoisotopic (exact) mass is 288 g/mol. The molecule has 0 aliphatic carbocycles. The van der Waals surface area contributed by atoms with Gasteiger partial charge in [0.25, 0.3) is 0 Å². The van der Waals surface area contributed by atoms with E-state index in [0.717, 1.165) is 4.88 Å². The first kappa shape index (κ1) is 14.1. The Morgan fingerprint density at radius 1 is 1.33 bits per heavy atom. The topological polar surface area (TPSA) is 18.5 Å². The Bertz CT molecular complexity index is 468. The van der Waals surface area contributed by atoms with Gasteiger partial charge in [-0.3, -0.25) is 0 Å². The Hall–Kier alpha value is -0.355. The van der Waals surface area contributed by atoms with Crippen LogP contribution in [0.25, 0.3) is 6.08 Å². The van der Waals surface area contributed by atoms with Gasteiger partial charge in [-0.05, 0) is 39.8 Å². The van der Waals surface area contributed by atoms with Gasteiger partial charge in [0.05, 0.1) is 16.2 Å². The van der Waals surface area contributed by atoms with Crippen LogP contribution >= 0.6 is 22.9 Å². The molecule has 0 amide bonds. The molecule has 0 spiro atoms. The van der Waals surface area contributed by atoms with E-state index in [-0.39, 0.29) is 0 Å². The van der Waals surface area contributed by atoms with Crippen molar-refractivity contribution >= 4 is 36.1 Å². The van der Waals surface area contributed by atoms with Crippen LogP contribution in [0.5, 0.6) is 0 Å². The smallest absolute Gasteiger partial charge is 0.398 e. The highest BCUT2D eigenvalue weighted by Gasteiger charge is 2.53. The highest BCUT2D eigenvalue weighted by molar-refractivity contribution is 7.11. The van der Waals surface area contributed by atoms with Gasteiger partial charge in [0.1, 0.15) is 5.73 Å². The van der Waals surface area contributed by atoms with Gasteiger partial charge >= 0.3 is 7.12 Å². The zero-order valence-corrected chi connectivity index (χ0v) is 12.4. The third-order valence-electron chi connectivity index (χ3n) is 3.35. The summed E-state index contributed by atoms with van der Waals surface area (Å²) in [6, 6.07) is 1.71. The molecular weight excluding hydrogens is 273 g/mol. The molecule has 1 aliphatic heterocycles. The summed E-state index contributed by atoms with van der Waals surface area (Å²) in [4.78, 5) is 0.743. The second kappa shape index (κ2) is 4.64. The molecule has 0 unspecified atom stereocenters. The summed E-state index contributed by atoms with van der Waals surface area (Å²) in [6.07, 6.45) is 1.40. The molecule has 2 nitrogen and oxygen atoms in total. The summed E-state index contributed by atoms with van der Waals surface area (Å²) in [5, 5.41) is 2.36. The molecule has 1 aromatic heterocycles. The minimum atomic E-state index is -0.948. The number of halogens is 2. The summed E-state index contributed by atoms with van der Waals surface area (Å²) in [5.74, 6) is 0. The van der Waals surface area contributed by atoms with Crippen molar-refractivity contribution in [2.75, 3.05) is 0 Å². The van der Waals surface area contributed by atoms with E-state index in [4.69, 9.17) is 20.9 Å². The Kier molecular flexibility index (Phi) is 3.62. The molecule has 0 atom stereocenters. The van der Waals surface area contributed by atoms with Gasteiger partial charge in [-0.15, -0.1) is 11.3 Å². The summed E-state index contributed by atoms with van der Waals surface area (Å²) >= 11 is 7.17. The standard InChI is InChI=1S/C12H15BClFO2S/c1-11(2)12(3,4)17-13(16-11)10(15)6-9-5-8(14)7-18-9/h5-7H,1-4H3. The van der Waals surface area contributed by atoms with E-state index in [2.05, 4.69) is 0 Å². The molecule has 1 fully saturated rings. The van der Waals surface area contributed by atoms with Gasteiger partial charge in [-0.2, -0.15) is 0 Å². The molecule has 0 N–H and O–H groups in total. The molecule has 0 aromatic carbocycles. The van der Waals surface area contributed by atoms with E-state index in [1.165, 1.54) is 17.4 Å². The minimum Gasteiger partial charge on any atom is -0.398 e. The molecule has 6 heteroatoms. The van der Waals surface area contributed by atoms with E-state index in [1.807, 2.05) is 27.7 Å². The van der Waals surface area contributed by atoms with Gasteiger partial charge in [-0.25, -0.2) is 4.39 Å². The van der Waals surface area contributed by atoms with Crippen LogP contribution in [-0.2, 0) is 9.31 Å². The Morgan fingerprint density at radius 3 is 2.33 bits per heavy atom. The third kappa shape index (κ3) is 2.64. The van der Waals surface area contributed by atoms with Crippen LogP contribution in [-0.4, -0.2) is 18.3 Å². The summed E-state index contributed by atoms with van der Waals surface area (Å²) < 4.78 is 25.3. The molecule has 1 aromatic rings. The number of hydrogen-bond acceptors (Lipinski definition) is 3. The molecule has 1 saturated heterocycles.